The second-order valence-electron chi connectivity index (χ2n) is 3.44. The lowest BCUT2D eigenvalue weighted by Gasteiger charge is -2.10. The molecule has 0 fully saturated rings. The fraction of sp³-hybridized carbons (Fsp3) is 0.778. The molecule has 94 valence electrons. The van der Waals surface area contributed by atoms with Gasteiger partial charge in [-0.3, -0.25) is 9.00 Å². The second-order valence-corrected chi connectivity index (χ2v) is 5.25. The summed E-state index contributed by atoms with van der Waals surface area (Å²) in [4.78, 5) is 21.3. The number of rotatable bonds is 7. The molecule has 0 saturated carbocycles. The van der Waals surface area contributed by atoms with Crippen LogP contribution in [0.25, 0.3) is 0 Å². The van der Waals surface area contributed by atoms with Crippen LogP contribution in [-0.4, -0.2) is 45.9 Å². The lowest BCUT2D eigenvalue weighted by Crippen LogP contribution is -2.40. The quantitative estimate of drug-likeness (QED) is 0.551. The summed E-state index contributed by atoms with van der Waals surface area (Å²) in [7, 11) is -0.960. The minimum atomic E-state index is -0.960. The molecule has 0 rings (SSSR count). The van der Waals surface area contributed by atoms with Crippen LogP contribution in [0.5, 0.6) is 0 Å². The summed E-state index contributed by atoms with van der Waals surface area (Å²) in [5, 5.41) is 13.3. The van der Waals surface area contributed by atoms with Crippen LogP contribution in [0.2, 0.25) is 0 Å². The van der Waals surface area contributed by atoms with E-state index in [-0.39, 0.29) is 17.7 Å². The Morgan fingerprint density at radius 1 is 1.38 bits per heavy atom. The highest BCUT2D eigenvalue weighted by atomic mass is 32.2. The molecule has 3 N–H and O–H groups in total. The molecule has 0 aromatic heterocycles. The van der Waals surface area contributed by atoms with Crippen molar-refractivity contribution >= 4 is 22.8 Å². The Labute approximate surface area is 97.3 Å². The molecule has 0 radical (unpaired) electrons. The standard InChI is InChI=1S/C9H18N2O4S/c1-7(16(2)15)6-11-9(14)10-5-3-4-8(12)13/h7H,3-6H2,1-2H3,(H,12,13)(H2,10,11,14). The number of nitrogens with one attached hydrogen (secondary N) is 2. The third-order valence-corrected chi connectivity index (χ3v) is 3.27. The molecule has 0 heterocycles. The first-order valence-electron chi connectivity index (χ1n) is 4.99. The number of carboxylic acids is 1. The summed E-state index contributed by atoms with van der Waals surface area (Å²) in [5.74, 6) is -0.878. The molecule has 0 saturated heterocycles. The average molecular weight is 250 g/mol. The van der Waals surface area contributed by atoms with Gasteiger partial charge in [0.15, 0.2) is 0 Å². The molecule has 2 amide bonds. The molecule has 0 aromatic rings. The van der Waals surface area contributed by atoms with E-state index in [4.69, 9.17) is 5.11 Å². The Bertz CT molecular complexity index is 270. The predicted molar refractivity (Wildman–Crippen MR) is 61.8 cm³/mol. The van der Waals surface area contributed by atoms with Crippen LogP contribution in [0.3, 0.4) is 0 Å². The molecule has 0 spiro atoms. The number of urea groups is 1. The highest BCUT2D eigenvalue weighted by Crippen LogP contribution is 1.89. The van der Waals surface area contributed by atoms with Gasteiger partial charge in [0.05, 0.1) is 0 Å². The first kappa shape index (κ1) is 14.9. The van der Waals surface area contributed by atoms with Crippen LogP contribution in [0.4, 0.5) is 4.79 Å². The van der Waals surface area contributed by atoms with Crippen molar-refractivity contribution < 1.29 is 18.9 Å². The van der Waals surface area contributed by atoms with Gasteiger partial charge in [-0.2, -0.15) is 0 Å². The van der Waals surface area contributed by atoms with Crippen molar-refractivity contribution in [2.75, 3.05) is 19.3 Å². The van der Waals surface area contributed by atoms with Gasteiger partial charge >= 0.3 is 12.0 Å². The van der Waals surface area contributed by atoms with E-state index in [2.05, 4.69) is 10.6 Å². The highest BCUT2D eigenvalue weighted by Gasteiger charge is 2.07. The number of hydrogen-bond acceptors (Lipinski definition) is 3. The van der Waals surface area contributed by atoms with Gasteiger partial charge in [0, 0.05) is 41.8 Å². The lowest BCUT2D eigenvalue weighted by atomic mass is 10.3. The first-order chi connectivity index (χ1) is 7.43. The van der Waals surface area contributed by atoms with E-state index in [1.54, 1.807) is 13.2 Å². The number of amides is 2. The van der Waals surface area contributed by atoms with Crippen molar-refractivity contribution in [3.8, 4) is 0 Å². The van der Waals surface area contributed by atoms with Crippen LogP contribution in [0.15, 0.2) is 0 Å². The van der Waals surface area contributed by atoms with E-state index in [1.165, 1.54) is 0 Å². The van der Waals surface area contributed by atoms with Crippen molar-refractivity contribution in [1.82, 2.24) is 10.6 Å². The number of hydrogen-bond donors (Lipinski definition) is 3. The zero-order valence-corrected chi connectivity index (χ0v) is 10.3. The molecular formula is C9H18N2O4S. The van der Waals surface area contributed by atoms with Gasteiger partial charge in [-0.05, 0) is 13.3 Å². The Balaban J connectivity index is 3.52. The summed E-state index contributed by atoms with van der Waals surface area (Å²) in [6.45, 7) is 2.44. The van der Waals surface area contributed by atoms with Gasteiger partial charge < -0.3 is 15.7 Å². The predicted octanol–water partition coefficient (Wildman–Crippen LogP) is -0.0826. The van der Waals surface area contributed by atoms with Gasteiger partial charge in [0.1, 0.15) is 0 Å². The van der Waals surface area contributed by atoms with Crippen LogP contribution in [-0.2, 0) is 15.6 Å². The third-order valence-electron chi connectivity index (χ3n) is 1.97. The van der Waals surface area contributed by atoms with Crippen molar-refractivity contribution in [3.63, 3.8) is 0 Å². The summed E-state index contributed by atoms with van der Waals surface area (Å²) >= 11 is 0. The van der Waals surface area contributed by atoms with E-state index in [0.29, 0.717) is 19.5 Å². The van der Waals surface area contributed by atoms with Crippen LogP contribution in [0.1, 0.15) is 19.8 Å². The number of carbonyl (C=O) groups excluding carboxylic acids is 1. The van der Waals surface area contributed by atoms with Gasteiger partial charge in [0.2, 0.25) is 0 Å². The summed E-state index contributed by atoms with van der Waals surface area (Å²) < 4.78 is 11.0. The Morgan fingerprint density at radius 2 is 2.00 bits per heavy atom. The normalized spacial score (nSPS) is 13.9. The molecule has 0 aromatic carbocycles. The Morgan fingerprint density at radius 3 is 2.50 bits per heavy atom. The van der Waals surface area contributed by atoms with Crippen LogP contribution in [0, 0.1) is 0 Å². The highest BCUT2D eigenvalue weighted by molar-refractivity contribution is 7.84. The lowest BCUT2D eigenvalue weighted by molar-refractivity contribution is -0.137. The molecule has 0 aliphatic heterocycles. The Hall–Kier alpha value is -1.11. The SMILES string of the molecule is CC(CNC(=O)NCCCC(=O)O)S(C)=O. The van der Waals surface area contributed by atoms with Crippen molar-refractivity contribution in [3.05, 3.63) is 0 Å². The van der Waals surface area contributed by atoms with E-state index in [1.807, 2.05) is 0 Å². The zero-order valence-electron chi connectivity index (χ0n) is 9.49. The maximum Gasteiger partial charge on any atom is 0.314 e. The largest absolute Gasteiger partial charge is 0.481 e. The summed E-state index contributed by atoms with van der Waals surface area (Å²) in [6, 6.07) is -0.359. The molecule has 7 heteroatoms. The molecule has 6 nitrogen and oxygen atoms in total. The molecule has 2 atom stereocenters. The van der Waals surface area contributed by atoms with Crippen molar-refractivity contribution in [2.45, 2.75) is 25.0 Å². The second kappa shape index (κ2) is 8.09. The number of carbonyl (C=O) groups is 2. The average Bonchev–Trinajstić information content (AvgIpc) is 2.20. The van der Waals surface area contributed by atoms with Gasteiger partial charge in [-0.25, -0.2) is 4.79 Å². The van der Waals surface area contributed by atoms with Crippen molar-refractivity contribution in [2.24, 2.45) is 0 Å². The summed E-state index contributed by atoms with van der Waals surface area (Å²) in [6.07, 6.45) is 2.02. The minimum Gasteiger partial charge on any atom is -0.481 e. The summed E-state index contributed by atoms with van der Waals surface area (Å²) in [5.41, 5.74) is 0. The van der Waals surface area contributed by atoms with Crippen LogP contribution >= 0.6 is 0 Å². The third kappa shape index (κ3) is 8.22. The topological polar surface area (TPSA) is 95.5 Å². The molecule has 16 heavy (non-hydrogen) atoms. The molecule has 2 unspecified atom stereocenters. The minimum absolute atomic E-state index is 0.0374. The number of aliphatic carboxylic acids is 1. The fourth-order valence-electron chi connectivity index (χ4n) is 0.858. The molecule has 0 bridgehead atoms. The first-order valence-corrected chi connectivity index (χ1v) is 6.61. The van der Waals surface area contributed by atoms with E-state index in [0.717, 1.165) is 0 Å². The zero-order chi connectivity index (χ0) is 12.6. The van der Waals surface area contributed by atoms with Crippen molar-refractivity contribution in [1.29, 1.82) is 0 Å². The van der Waals surface area contributed by atoms with E-state index in [9.17, 15) is 13.8 Å². The molecule has 0 aliphatic carbocycles. The number of carboxylic acid groups (broad SMARTS) is 1. The van der Waals surface area contributed by atoms with Gasteiger partial charge in [-0.1, -0.05) is 0 Å². The fourth-order valence-corrected chi connectivity index (χ4v) is 1.18. The van der Waals surface area contributed by atoms with Gasteiger partial charge in [0.25, 0.3) is 0 Å². The Kier molecular flexibility index (Phi) is 7.53. The monoisotopic (exact) mass is 250 g/mol. The molecular weight excluding hydrogens is 232 g/mol. The van der Waals surface area contributed by atoms with E-state index < -0.39 is 16.8 Å². The van der Waals surface area contributed by atoms with Gasteiger partial charge in [-0.15, -0.1) is 0 Å². The molecule has 0 aliphatic rings. The maximum atomic E-state index is 11.1. The van der Waals surface area contributed by atoms with E-state index >= 15 is 0 Å². The smallest absolute Gasteiger partial charge is 0.314 e. The maximum absolute atomic E-state index is 11.1. The van der Waals surface area contributed by atoms with Crippen LogP contribution < -0.4 is 10.6 Å².